The van der Waals surface area contributed by atoms with E-state index in [1.165, 1.54) is 36.2 Å². The molecule has 238 valence electrons. The highest BCUT2D eigenvalue weighted by Crippen LogP contribution is 2.39. The van der Waals surface area contributed by atoms with Crippen LogP contribution >= 0.6 is 11.6 Å². The molecule has 1 aliphatic carbocycles. The monoisotopic (exact) mass is 635 g/mol. The van der Waals surface area contributed by atoms with Gasteiger partial charge in [0.05, 0.1) is 25.7 Å². The van der Waals surface area contributed by atoms with E-state index >= 15 is 0 Å². The van der Waals surface area contributed by atoms with E-state index in [9.17, 15) is 13.2 Å². The number of hydrogen-bond donors (Lipinski definition) is 1. The number of sulfonamides is 1. The van der Waals surface area contributed by atoms with Gasteiger partial charge >= 0.3 is 0 Å². The molecule has 0 bridgehead atoms. The SMILES string of the molecule is COc1ccc(S(=O)(=O)N2CCCCC2COCC(=O)NCC2CCC(C(c3ccc(Cl)cc3)N(C)C)CC2)cc1OC. The molecule has 2 atom stereocenters. The molecule has 4 rings (SSSR count). The molecule has 2 aromatic rings. The number of halogens is 1. The zero-order valence-electron chi connectivity index (χ0n) is 25.8. The minimum absolute atomic E-state index is 0.0879. The summed E-state index contributed by atoms with van der Waals surface area (Å²) in [5, 5.41) is 3.79. The number of piperidine rings is 1. The molecule has 1 heterocycles. The molecule has 2 aromatic carbocycles. The van der Waals surface area contributed by atoms with Crippen LogP contribution in [0.2, 0.25) is 5.02 Å². The van der Waals surface area contributed by atoms with E-state index in [0.29, 0.717) is 48.9 Å². The topological polar surface area (TPSA) is 97.4 Å². The van der Waals surface area contributed by atoms with Crippen molar-refractivity contribution in [1.29, 1.82) is 0 Å². The predicted molar refractivity (Wildman–Crippen MR) is 168 cm³/mol. The molecular formula is C32H46ClN3O6S. The molecule has 1 saturated heterocycles. The molecule has 0 radical (unpaired) electrons. The van der Waals surface area contributed by atoms with Crippen LogP contribution in [0.1, 0.15) is 56.6 Å². The van der Waals surface area contributed by atoms with Crippen molar-refractivity contribution in [2.45, 2.75) is 61.9 Å². The van der Waals surface area contributed by atoms with Gasteiger partial charge < -0.3 is 24.4 Å². The molecular weight excluding hydrogens is 590 g/mol. The van der Waals surface area contributed by atoms with Crippen LogP contribution in [-0.4, -0.2) is 84.2 Å². The number of carbonyl (C=O) groups excluding carboxylic acids is 1. The second-order valence-corrected chi connectivity index (χ2v) is 14.2. The highest BCUT2D eigenvalue weighted by Gasteiger charge is 2.34. The summed E-state index contributed by atoms with van der Waals surface area (Å²) in [6.45, 7) is 1.12. The van der Waals surface area contributed by atoms with E-state index in [-0.39, 0.29) is 30.1 Å². The zero-order valence-corrected chi connectivity index (χ0v) is 27.3. The Hall–Kier alpha value is -2.37. The van der Waals surface area contributed by atoms with Crippen LogP contribution in [0.4, 0.5) is 0 Å². The Labute approximate surface area is 261 Å². The summed E-state index contributed by atoms with van der Waals surface area (Å²) in [5.74, 6) is 1.65. The average molecular weight is 636 g/mol. The van der Waals surface area contributed by atoms with Crippen molar-refractivity contribution in [1.82, 2.24) is 14.5 Å². The number of hydrogen-bond acceptors (Lipinski definition) is 7. The Morgan fingerprint density at radius 2 is 1.70 bits per heavy atom. The van der Waals surface area contributed by atoms with Crippen molar-refractivity contribution in [3.63, 3.8) is 0 Å². The first kappa shape index (κ1) is 33.5. The van der Waals surface area contributed by atoms with Gasteiger partial charge in [-0.2, -0.15) is 4.31 Å². The summed E-state index contributed by atoms with van der Waals surface area (Å²) >= 11 is 6.11. The Bertz CT molecular complexity index is 1300. The quantitative estimate of drug-likeness (QED) is 0.325. The first-order valence-electron chi connectivity index (χ1n) is 15.1. The zero-order chi connectivity index (χ0) is 31.0. The van der Waals surface area contributed by atoms with Gasteiger partial charge in [0.15, 0.2) is 11.5 Å². The summed E-state index contributed by atoms with van der Waals surface area (Å²) < 4.78 is 44.9. The van der Waals surface area contributed by atoms with Crippen molar-refractivity contribution in [3.05, 3.63) is 53.1 Å². The van der Waals surface area contributed by atoms with Gasteiger partial charge in [-0.05, 0) is 94.3 Å². The van der Waals surface area contributed by atoms with Crippen molar-refractivity contribution < 1.29 is 27.4 Å². The number of ether oxygens (including phenoxy) is 3. The Kier molecular flexibility index (Phi) is 12.1. The molecule has 1 amide bonds. The number of amides is 1. The molecule has 11 heteroatoms. The van der Waals surface area contributed by atoms with Crippen molar-refractivity contribution in [2.24, 2.45) is 11.8 Å². The minimum Gasteiger partial charge on any atom is -0.493 e. The van der Waals surface area contributed by atoms with E-state index in [2.05, 4.69) is 36.4 Å². The molecule has 2 fully saturated rings. The van der Waals surface area contributed by atoms with Crippen LogP contribution in [0.3, 0.4) is 0 Å². The molecule has 0 spiro atoms. The molecule has 0 aromatic heterocycles. The van der Waals surface area contributed by atoms with E-state index in [4.69, 9.17) is 25.8 Å². The maximum Gasteiger partial charge on any atom is 0.246 e. The lowest BCUT2D eigenvalue weighted by Gasteiger charge is -2.37. The van der Waals surface area contributed by atoms with Gasteiger partial charge in [0.1, 0.15) is 6.61 Å². The largest absolute Gasteiger partial charge is 0.493 e. The predicted octanol–water partition coefficient (Wildman–Crippen LogP) is 5.14. The van der Waals surface area contributed by atoms with E-state index in [0.717, 1.165) is 43.5 Å². The second-order valence-electron chi connectivity index (χ2n) is 11.8. The Balaban J connectivity index is 1.23. The normalized spacial score (nSPS) is 22.2. The Morgan fingerprint density at radius 1 is 1.00 bits per heavy atom. The summed E-state index contributed by atoms with van der Waals surface area (Å²) in [6.07, 6.45) is 6.71. The minimum atomic E-state index is -3.77. The van der Waals surface area contributed by atoms with Crippen LogP contribution in [0.15, 0.2) is 47.4 Å². The standard InChI is InChI=1S/C32H46ClN3O6S/c1-35(2)32(25-12-14-26(33)15-13-25)24-10-8-23(9-11-24)20-34-31(37)22-42-21-27-7-5-6-18-36(27)43(38,39)28-16-17-29(40-3)30(19-28)41-4/h12-17,19,23-24,27,32H,5-11,18,20-22H2,1-4H3,(H,34,37). The third kappa shape index (κ3) is 8.63. The smallest absolute Gasteiger partial charge is 0.246 e. The summed E-state index contributed by atoms with van der Waals surface area (Å²) in [6, 6.07) is 12.8. The molecule has 1 N–H and O–H groups in total. The molecule has 1 aliphatic heterocycles. The maximum absolute atomic E-state index is 13.5. The van der Waals surface area contributed by atoms with Gasteiger partial charge in [-0.25, -0.2) is 8.42 Å². The summed E-state index contributed by atoms with van der Waals surface area (Å²) in [4.78, 5) is 15.1. The first-order chi connectivity index (χ1) is 20.6. The fourth-order valence-corrected chi connectivity index (χ4v) is 8.35. The number of carbonyl (C=O) groups is 1. The van der Waals surface area contributed by atoms with Crippen LogP contribution in [-0.2, 0) is 19.6 Å². The number of benzene rings is 2. The van der Waals surface area contributed by atoms with Crippen LogP contribution in [0, 0.1) is 11.8 Å². The number of rotatable bonds is 13. The van der Waals surface area contributed by atoms with Gasteiger partial charge in [-0.3, -0.25) is 4.79 Å². The van der Waals surface area contributed by atoms with Crippen LogP contribution in [0.5, 0.6) is 11.5 Å². The van der Waals surface area contributed by atoms with Crippen LogP contribution < -0.4 is 14.8 Å². The highest BCUT2D eigenvalue weighted by atomic mass is 35.5. The molecule has 1 saturated carbocycles. The number of nitrogens with zero attached hydrogens (tertiary/aromatic N) is 2. The van der Waals surface area contributed by atoms with Gasteiger partial charge in [0.25, 0.3) is 0 Å². The lowest BCUT2D eigenvalue weighted by atomic mass is 9.76. The highest BCUT2D eigenvalue weighted by molar-refractivity contribution is 7.89. The van der Waals surface area contributed by atoms with Gasteiger partial charge in [0.2, 0.25) is 15.9 Å². The van der Waals surface area contributed by atoms with E-state index < -0.39 is 10.0 Å². The fourth-order valence-electron chi connectivity index (χ4n) is 6.53. The lowest BCUT2D eigenvalue weighted by molar-refractivity contribution is -0.126. The number of methoxy groups -OCH3 is 2. The van der Waals surface area contributed by atoms with E-state index in [1.807, 2.05) is 12.1 Å². The fraction of sp³-hybridized carbons (Fsp3) is 0.594. The van der Waals surface area contributed by atoms with Gasteiger partial charge in [-0.1, -0.05) is 30.2 Å². The van der Waals surface area contributed by atoms with Gasteiger partial charge in [0, 0.05) is 36.3 Å². The van der Waals surface area contributed by atoms with Gasteiger partial charge in [-0.15, -0.1) is 0 Å². The molecule has 43 heavy (non-hydrogen) atoms. The van der Waals surface area contributed by atoms with E-state index in [1.54, 1.807) is 6.07 Å². The Morgan fingerprint density at radius 3 is 2.35 bits per heavy atom. The average Bonchev–Trinajstić information content (AvgIpc) is 3.01. The molecule has 2 unspecified atom stereocenters. The summed E-state index contributed by atoms with van der Waals surface area (Å²) in [7, 11) is 3.47. The lowest BCUT2D eigenvalue weighted by Crippen LogP contribution is -2.46. The third-order valence-corrected chi connectivity index (χ3v) is 11.0. The van der Waals surface area contributed by atoms with Crippen LogP contribution in [0.25, 0.3) is 0 Å². The maximum atomic E-state index is 13.5. The summed E-state index contributed by atoms with van der Waals surface area (Å²) in [5.41, 5.74) is 1.29. The second kappa shape index (κ2) is 15.6. The van der Waals surface area contributed by atoms with Crippen molar-refractivity contribution in [3.8, 4) is 11.5 Å². The van der Waals surface area contributed by atoms with Crippen molar-refractivity contribution >= 4 is 27.5 Å². The molecule has 2 aliphatic rings. The van der Waals surface area contributed by atoms with Crippen molar-refractivity contribution in [2.75, 3.05) is 54.6 Å². The molecule has 9 nitrogen and oxygen atoms in total. The first-order valence-corrected chi connectivity index (χ1v) is 17.0. The number of nitrogens with one attached hydrogen (secondary N) is 1. The third-order valence-electron chi connectivity index (χ3n) is 8.77.